The smallest absolute Gasteiger partial charge is 0.0875 e. The Bertz CT molecular complexity index is 350. The molecule has 2 aliphatic rings. The van der Waals surface area contributed by atoms with Crippen LogP contribution in [0.2, 0.25) is 0 Å². The summed E-state index contributed by atoms with van der Waals surface area (Å²) in [6.45, 7) is 6.90. The number of epoxide rings is 1. The fourth-order valence-electron chi connectivity index (χ4n) is 3.15. The Kier molecular flexibility index (Phi) is 3.58. The molecule has 0 unspecified atom stereocenters. The van der Waals surface area contributed by atoms with Gasteiger partial charge in [0.15, 0.2) is 0 Å². The van der Waals surface area contributed by atoms with Crippen molar-refractivity contribution in [3.05, 3.63) is 11.6 Å². The van der Waals surface area contributed by atoms with Crippen LogP contribution in [0.25, 0.3) is 0 Å². The quantitative estimate of drug-likeness (QED) is 0.546. The van der Waals surface area contributed by atoms with E-state index in [1.807, 2.05) is 0 Å². The zero-order valence-electron chi connectivity index (χ0n) is 11.2. The third kappa shape index (κ3) is 2.90. The Balaban J connectivity index is 1.87. The van der Waals surface area contributed by atoms with Crippen LogP contribution in [0.15, 0.2) is 11.6 Å². The topological polar surface area (TPSA) is 36.3 Å². The number of rotatable bonds is 4. The fourth-order valence-corrected chi connectivity index (χ4v) is 3.15. The van der Waals surface area contributed by atoms with Crippen molar-refractivity contribution in [2.45, 2.75) is 65.1 Å². The third-order valence-electron chi connectivity index (χ3n) is 4.49. The van der Waals surface area contributed by atoms with Gasteiger partial charge < -0.3 is 4.74 Å². The summed E-state index contributed by atoms with van der Waals surface area (Å²) < 4.78 is 5.77. The number of nitrogens with zero attached hydrogens (tertiary/aromatic N) is 1. The van der Waals surface area contributed by atoms with E-state index in [0.717, 1.165) is 6.42 Å². The average Bonchev–Trinajstić information content (AvgIpc) is 3.03. The first-order valence-corrected chi connectivity index (χ1v) is 6.72. The first kappa shape index (κ1) is 12.6. The van der Waals surface area contributed by atoms with Crippen LogP contribution in [-0.4, -0.2) is 12.2 Å². The number of hydrogen-bond donors (Lipinski definition) is 0. The van der Waals surface area contributed by atoms with Crippen molar-refractivity contribution in [2.24, 2.45) is 11.3 Å². The molecule has 2 nitrogen and oxygen atoms in total. The molecule has 1 aliphatic carbocycles. The normalized spacial score (nSPS) is 34.9. The van der Waals surface area contributed by atoms with Gasteiger partial charge in [0.25, 0.3) is 0 Å². The van der Waals surface area contributed by atoms with E-state index in [-0.39, 0.29) is 0 Å². The molecule has 1 aliphatic heterocycles. The Hall–Kier alpha value is -0.810. The Morgan fingerprint density at radius 1 is 1.53 bits per heavy atom. The van der Waals surface area contributed by atoms with Crippen molar-refractivity contribution < 1.29 is 4.74 Å². The number of allylic oxidation sites excluding steroid dienone is 2. The van der Waals surface area contributed by atoms with E-state index in [1.54, 1.807) is 0 Å². The summed E-state index contributed by atoms with van der Waals surface area (Å²) >= 11 is 0. The van der Waals surface area contributed by atoms with Gasteiger partial charge in [-0.05, 0) is 43.9 Å². The van der Waals surface area contributed by atoms with Gasteiger partial charge in [0, 0.05) is 0 Å². The van der Waals surface area contributed by atoms with Crippen molar-refractivity contribution in [3.8, 4) is 6.07 Å². The van der Waals surface area contributed by atoms with Crippen LogP contribution in [0.3, 0.4) is 0 Å². The Labute approximate surface area is 105 Å². The summed E-state index contributed by atoms with van der Waals surface area (Å²) in [5.74, 6) is 0.701. The van der Waals surface area contributed by atoms with E-state index in [1.165, 1.54) is 24.8 Å². The molecule has 17 heavy (non-hydrogen) atoms. The van der Waals surface area contributed by atoms with Gasteiger partial charge in [-0.3, -0.25) is 0 Å². The number of ether oxygens (including phenoxy) is 1. The molecular formula is C15H23NO. The summed E-state index contributed by atoms with van der Waals surface area (Å²) in [5.41, 5.74) is 1.78. The number of hydrogen-bond acceptors (Lipinski definition) is 2. The lowest BCUT2D eigenvalue weighted by atomic mass is 9.67. The predicted octanol–water partition coefficient (Wildman–Crippen LogP) is 3.83. The molecule has 0 radical (unpaired) electrons. The average molecular weight is 233 g/mol. The molecular weight excluding hydrogens is 210 g/mol. The van der Waals surface area contributed by atoms with Crippen LogP contribution in [0.5, 0.6) is 0 Å². The van der Waals surface area contributed by atoms with Crippen LogP contribution < -0.4 is 0 Å². The molecule has 2 fully saturated rings. The lowest BCUT2D eigenvalue weighted by Crippen LogP contribution is -2.33. The minimum absolute atomic E-state index is 0.424. The highest BCUT2D eigenvalue weighted by atomic mass is 16.6. The van der Waals surface area contributed by atoms with Crippen molar-refractivity contribution in [3.63, 3.8) is 0 Å². The molecule has 0 spiro atoms. The van der Waals surface area contributed by atoms with Gasteiger partial charge in [-0.2, -0.15) is 5.26 Å². The van der Waals surface area contributed by atoms with Gasteiger partial charge in [-0.15, -0.1) is 0 Å². The van der Waals surface area contributed by atoms with E-state index in [2.05, 4.69) is 32.9 Å². The highest BCUT2D eigenvalue weighted by Crippen LogP contribution is 2.52. The monoisotopic (exact) mass is 233 g/mol. The molecule has 1 saturated heterocycles. The SMILES string of the molecule is C/C(=C\CC#N)CC[C@H]1[C@H]2O[C@H]2CCC1(C)C. The second kappa shape index (κ2) is 4.82. The Morgan fingerprint density at radius 3 is 3.00 bits per heavy atom. The minimum atomic E-state index is 0.424. The molecule has 2 heteroatoms. The van der Waals surface area contributed by atoms with Gasteiger partial charge in [0.1, 0.15) is 0 Å². The maximum atomic E-state index is 8.55. The van der Waals surface area contributed by atoms with Gasteiger partial charge >= 0.3 is 0 Å². The van der Waals surface area contributed by atoms with Gasteiger partial charge in [0.05, 0.1) is 24.7 Å². The van der Waals surface area contributed by atoms with Crippen LogP contribution in [0, 0.1) is 22.7 Å². The molecule has 1 saturated carbocycles. The van der Waals surface area contributed by atoms with Crippen molar-refractivity contribution in [2.75, 3.05) is 0 Å². The van der Waals surface area contributed by atoms with Crippen LogP contribution in [0.1, 0.15) is 52.9 Å². The van der Waals surface area contributed by atoms with Crippen LogP contribution in [-0.2, 0) is 4.74 Å². The van der Waals surface area contributed by atoms with Crippen molar-refractivity contribution in [1.29, 1.82) is 5.26 Å². The van der Waals surface area contributed by atoms with Gasteiger partial charge in [0.2, 0.25) is 0 Å². The Morgan fingerprint density at radius 2 is 2.29 bits per heavy atom. The van der Waals surface area contributed by atoms with E-state index < -0.39 is 0 Å². The summed E-state index contributed by atoms with van der Waals surface area (Å²) in [6, 6.07) is 2.17. The summed E-state index contributed by atoms with van der Waals surface area (Å²) in [5, 5.41) is 8.55. The number of nitriles is 1. The molecule has 0 amide bonds. The maximum Gasteiger partial charge on any atom is 0.0875 e. The standard InChI is InChI=1S/C15H23NO/c1-11(5-4-10-16)6-7-12-14-13(17-14)8-9-15(12,2)3/h5,12-14H,4,6-9H2,1-3H3/b11-5+/t12-,13-,14+/m0/s1. The molecule has 2 rings (SSSR count). The predicted molar refractivity (Wildman–Crippen MR) is 68.4 cm³/mol. The highest BCUT2D eigenvalue weighted by Gasteiger charge is 2.53. The van der Waals surface area contributed by atoms with E-state index in [4.69, 9.17) is 10.00 Å². The zero-order chi connectivity index (χ0) is 12.5. The van der Waals surface area contributed by atoms with E-state index >= 15 is 0 Å². The van der Waals surface area contributed by atoms with Gasteiger partial charge in [-0.25, -0.2) is 0 Å². The molecule has 0 N–H and O–H groups in total. The lowest BCUT2D eigenvalue weighted by Gasteiger charge is -2.36. The molecule has 0 bridgehead atoms. The second-order valence-electron chi connectivity index (χ2n) is 6.22. The summed E-state index contributed by atoms with van der Waals surface area (Å²) in [7, 11) is 0. The molecule has 0 aromatic heterocycles. The van der Waals surface area contributed by atoms with E-state index in [9.17, 15) is 0 Å². The lowest BCUT2D eigenvalue weighted by molar-refractivity contribution is 0.139. The second-order valence-corrected chi connectivity index (χ2v) is 6.22. The van der Waals surface area contributed by atoms with Crippen molar-refractivity contribution in [1.82, 2.24) is 0 Å². The molecule has 0 aromatic carbocycles. The third-order valence-corrected chi connectivity index (χ3v) is 4.49. The fraction of sp³-hybridized carbons (Fsp3) is 0.800. The molecule has 3 atom stereocenters. The maximum absolute atomic E-state index is 8.55. The number of fused-ring (bicyclic) bond motifs is 1. The van der Waals surface area contributed by atoms with Gasteiger partial charge in [-0.1, -0.05) is 25.5 Å². The zero-order valence-corrected chi connectivity index (χ0v) is 11.2. The first-order chi connectivity index (χ1) is 8.04. The first-order valence-electron chi connectivity index (χ1n) is 6.72. The molecule has 94 valence electrons. The summed E-state index contributed by atoms with van der Waals surface area (Å²) in [6.07, 6.45) is 8.56. The van der Waals surface area contributed by atoms with Crippen LogP contribution in [0.4, 0.5) is 0 Å². The summed E-state index contributed by atoms with van der Waals surface area (Å²) in [4.78, 5) is 0. The van der Waals surface area contributed by atoms with E-state index in [0.29, 0.717) is 30.0 Å². The minimum Gasteiger partial charge on any atom is -0.369 e. The van der Waals surface area contributed by atoms with Crippen LogP contribution >= 0.6 is 0 Å². The molecule has 1 heterocycles. The van der Waals surface area contributed by atoms with Crippen molar-refractivity contribution >= 4 is 0 Å². The highest BCUT2D eigenvalue weighted by molar-refractivity contribution is 5.06. The largest absolute Gasteiger partial charge is 0.369 e. The molecule has 0 aromatic rings.